The molecule has 3 atom stereocenters. The highest BCUT2D eigenvalue weighted by molar-refractivity contribution is 7.92. The molecule has 0 saturated carbocycles. The van der Waals surface area contributed by atoms with E-state index in [0.717, 1.165) is 12.8 Å². The average molecular weight is 274 g/mol. The number of carbonyl (C=O) groups excluding carboxylic acids is 1. The third-order valence-corrected chi connectivity index (χ3v) is 6.29. The number of rotatable bonds is 2. The van der Waals surface area contributed by atoms with Gasteiger partial charge in [-0.2, -0.15) is 0 Å². The molecule has 0 radical (unpaired) electrons. The van der Waals surface area contributed by atoms with Gasteiger partial charge in [-0.15, -0.1) is 0 Å². The van der Waals surface area contributed by atoms with E-state index in [2.05, 4.69) is 0 Å². The van der Waals surface area contributed by atoms with Crippen LogP contribution in [-0.4, -0.2) is 49.4 Å². The van der Waals surface area contributed by atoms with Gasteiger partial charge in [0.15, 0.2) is 9.84 Å². The summed E-state index contributed by atoms with van der Waals surface area (Å²) in [6.07, 6.45) is 2.89. The van der Waals surface area contributed by atoms with Crippen LogP contribution < -0.4 is 5.73 Å². The van der Waals surface area contributed by atoms with Crippen LogP contribution in [0.3, 0.4) is 0 Å². The largest absolute Gasteiger partial charge is 0.339 e. The van der Waals surface area contributed by atoms with E-state index < -0.39 is 15.1 Å². The van der Waals surface area contributed by atoms with Gasteiger partial charge in [0, 0.05) is 12.6 Å². The summed E-state index contributed by atoms with van der Waals surface area (Å²) in [4.78, 5) is 14.1. The molecule has 0 aromatic heterocycles. The Bertz CT molecular complexity index is 421. The highest BCUT2D eigenvalue weighted by Gasteiger charge is 2.41. The zero-order chi connectivity index (χ0) is 13.3. The Morgan fingerprint density at radius 2 is 2.11 bits per heavy atom. The van der Waals surface area contributed by atoms with Crippen molar-refractivity contribution in [2.24, 2.45) is 11.7 Å². The van der Waals surface area contributed by atoms with E-state index in [1.165, 1.54) is 0 Å². The van der Waals surface area contributed by atoms with Gasteiger partial charge in [-0.05, 0) is 38.6 Å². The predicted octanol–water partition coefficient (Wildman–Crippen LogP) is 0.149. The summed E-state index contributed by atoms with van der Waals surface area (Å²) in [5.74, 6) is 0.278. The molecule has 1 amide bonds. The quantitative estimate of drug-likeness (QED) is 0.777. The molecule has 104 valence electrons. The molecule has 18 heavy (non-hydrogen) atoms. The Hall–Kier alpha value is -0.620. The smallest absolute Gasteiger partial charge is 0.241 e. The second-order valence-electron chi connectivity index (χ2n) is 5.53. The standard InChI is InChI=1S/C12H22N2O3S/c1-9-6-10(7-13)8-14(9)12(15)11-4-2-3-5-18(11,16)17/h9-11H,2-8,13H2,1H3. The lowest BCUT2D eigenvalue weighted by Crippen LogP contribution is -2.46. The van der Waals surface area contributed by atoms with Crippen molar-refractivity contribution < 1.29 is 13.2 Å². The maximum absolute atomic E-state index is 12.4. The number of sulfone groups is 1. The van der Waals surface area contributed by atoms with Crippen LogP contribution in [0.15, 0.2) is 0 Å². The first kappa shape index (κ1) is 13.8. The van der Waals surface area contributed by atoms with Crippen molar-refractivity contribution >= 4 is 15.7 Å². The van der Waals surface area contributed by atoms with Crippen LogP contribution in [-0.2, 0) is 14.6 Å². The summed E-state index contributed by atoms with van der Waals surface area (Å²) in [5, 5.41) is -0.801. The van der Waals surface area contributed by atoms with Crippen LogP contribution >= 0.6 is 0 Å². The summed E-state index contributed by atoms with van der Waals surface area (Å²) in [6, 6.07) is 0.114. The van der Waals surface area contributed by atoms with Gasteiger partial charge in [0.2, 0.25) is 5.91 Å². The average Bonchev–Trinajstić information content (AvgIpc) is 2.69. The molecule has 0 bridgehead atoms. The van der Waals surface area contributed by atoms with Gasteiger partial charge in [0.05, 0.1) is 5.75 Å². The van der Waals surface area contributed by atoms with Crippen LogP contribution in [0.5, 0.6) is 0 Å². The van der Waals surface area contributed by atoms with Crippen molar-refractivity contribution in [1.82, 2.24) is 4.90 Å². The molecule has 2 aliphatic heterocycles. The Morgan fingerprint density at radius 3 is 2.67 bits per heavy atom. The first-order valence-electron chi connectivity index (χ1n) is 6.68. The zero-order valence-electron chi connectivity index (χ0n) is 10.8. The summed E-state index contributed by atoms with van der Waals surface area (Å²) in [7, 11) is -3.23. The Morgan fingerprint density at radius 1 is 1.39 bits per heavy atom. The topological polar surface area (TPSA) is 80.5 Å². The van der Waals surface area contributed by atoms with Crippen LogP contribution in [0.2, 0.25) is 0 Å². The lowest BCUT2D eigenvalue weighted by molar-refractivity contribution is -0.131. The summed E-state index contributed by atoms with van der Waals surface area (Å²) >= 11 is 0. The van der Waals surface area contributed by atoms with Crippen LogP contribution in [0.4, 0.5) is 0 Å². The van der Waals surface area contributed by atoms with E-state index in [0.29, 0.717) is 31.8 Å². The molecule has 0 aromatic rings. The fourth-order valence-corrected chi connectivity index (χ4v) is 4.90. The van der Waals surface area contributed by atoms with Crippen LogP contribution in [0, 0.1) is 5.92 Å². The highest BCUT2D eigenvalue weighted by atomic mass is 32.2. The molecule has 2 fully saturated rings. The highest BCUT2D eigenvalue weighted by Crippen LogP contribution is 2.27. The molecular weight excluding hydrogens is 252 g/mol. The summed E-state index contributed by atoms with van der Waals surface area (Å²) in [5.41, 5.74) is 5.63. The monoisotopic (exact) mass is 274 g/mol. The van der Waals surface area contributed by atoms with Crippen molar-refractivity contribution in [3.05, 3.63) is 0 Å². The van der Waals surface area contributed by atoms with E-state index in [4.69, 9.17) is 5.73 Å². The van der Waals surface area contributed by atoms with Gasteiger partial charge in [-0.3, -0.25) is 4.79 Å². The minimum Gasteiger partial charge on any atom is -0.339 e. The number of hydrogen-bond acceptors (Lipinski definition) is 4. The van der Waals surface area contributed by atoms with Gasteiger partial charge in [-0.1, -0.05) is 6.42 Å². The van der Waals surface area contributed by atoms with Gasteiger partial charge >= 0.3 is 0 Å². The van der Waals surface area contributed by atoms with E-state index in [1.54, 1.807) is 4.90 Å². The number of amides is 1. The number of hydrogen-bond donors (Lipinski definition) is 1. The van der Waals surface area contributed by atoms with Crippen molar-refractivity contribution in [3.8, 4) is 0 Å². The predicted molar refractivity (Wildman–Crippen MR) is 69.8 cm³/mol. The molecule has 2 N–H and O–H groups in total. The number of nitrogens with zero attached hydrogens (tertiary/aromatic N) is 1. The van der Waals surface area contributed by atoms with Gasteiger partial charge in [-0.25, -0.2) is 8.42 Å². The fourth-order valence-electron chi connectivity index (χ4n) is 3.04. The maximum Gasteiger partial charge on any atom is 0.241 e. The molecule has 2 saturated heterocycles. The maximum atomic E-state index is 12.4. The second-order valence-corrected chi connectivity index (χ2v) is 7.83. The molecule has 0 aliphatic carbocycles. The Kier molecular flexibility index (Phi) is 3.96. The lowest BCUT2D eigenvalue weighted by atomic mass is 10.1. The Labute approximate surface area is 109 Å². The molecule has 5 nitrogen and oxygen atoms in total. The first-order chi connectivity index (χ1) is 8.45. The number of nitrogens with two attached hydrogens (primary N) is 1. The van der Waals surface area contributed by atoms with Crippen molar-refractivity contribution in [3.63, 3.8) is 0 Å². The van der Waals surface area contributed by atoms with Crippen molar-refractivity contribution in [2.75, 3.05) is 18.8 Å². The minimum absolute atomic E-state index is 0.114. The SMILES string of the molecule is CC1CC(CN)CN1C(=O)C1CCCCS1(=O)=O. The van der Waals surface area contributed by atoms with Gasteiger partial charge < -0.3 is 10.6 Å². The summed E-state index contributed by atoms with van der Waals surface area (Å²) < 4.78 is 23.9. The van der Waals surface area contributed by atoms with E-state index in [9.17, 15) is 13.2 Å². The molecular formula is C12H22N2O3S. The third-order valence-electron chi connectivity index (χ3n) is 4.13. The number of carbonyl (C=O) groups is 1. The lowest BCUT2D eigenvalue weighted by Gasteiger charge is -2.29. The van der Waals surface area contributed by atoms with E-state index >= 15 is 0 Å². The molecule has 0 spiro atoms. The molecule has 2 rings (SSSR count). The molecule has 6 heteroatoms. The first-order valence-corrected chi connectivity index (χ1v) is 8.39. The fraction of sp³-hybridized carbons (Fsp3) is 0.917. The van der Waals surface area contributed by atoms with E-state index in [1.807, 2.05) is 6.92 Å². The van der Waals surface area contributed by atoms with Gasteiger partial charge in [0.25, 0.3) is 0 Å². The van der Waals surface area contributed by atoms with Crippen LogP contribution in [0.1, 0.15) is 32.6 Å². The molecule has 3 unspecified atom stereocenters. The van der Waals surface area contributed by atoms with E-state index in [-0.39, 0.29) is 17.7 Å². The molecule has 0 aromatic carbocycles. The molecule has 2 heterocycles. The zero-order valence-corrected chi connectivity index (χ0v) is 11.7. The second kappa shape index (κ2) is 5.17. The van der Waals surface area contributed by atoms with Crippen molar-refractivity contribution in [1.29, 1.82) is 0 Å². The normalized spacial score (nSPS) is 35.7. The van der Waals surface area contributed by atoms with Gasteiger partial charge in [0.1, 0.15) is 5.25 Å². The summed E-state index contributed by atoms with van der Waals surface area (Å²) in [6.45, 7) is 3.15. The van der Waals surface area contributed by atoms with Crippen molar-refractivity contribution in [2.45, 2.75) is 43.9 Å². The van der Waals surface area contributed by atoms with Crippen LogP contribution in [0.25, 0.3) is 0 Å². The Balaban J connectivity index is 2.11. The number of likely N-dealkylation sites (tertiary alicyclic amines) is 1. The molecule has 2 aliphatic rings. The minimum atomic E-state index is -3.23. The third kappa shape index (κ3) is 2.54.